The summed E-state index contributed by atoms with van der Waals surface area (Å²) >= 11 is 0. The Bertz CT molecular complexity index is 605. The van der Waals surface area contributed by atoms with E-state index in [2.05, 4.69) is 16.9 Å². The number of nitrogens with zero attached hydrogens (tertiary/aromatic N) is 3. The number of benzene rings is 1. The maximum Gasteiger partial charge on any atom is 0.188 e. The van der Waals surface area contributed by atoms with Crippen molar-refractivity contribution in [3.63, 3.8) is 0 Å². The summed E-state index contributed by atoms with van der Waals surface area (Å²) in [5.74, 6) is 1.29. The minimum Gasteiger partial charge on any atom is -0.492 e. The molecule has 0 radical (unpaired) electrons. The first-order chi connectivity index (χ1) is 10.2. The normalized spacial score (nSPS) is 10.4. The average Bonchev–Trinajstić information content (AvgIpc) is 2.88. The minimum absolute atomic E-state index is 0.219. The fraction of sp³-hybridized carbons (Fsp3) is 0.333. The zero-order chi connectivity index (χ0) is 15.2. The quantitative estimate of drug-likeness (QED) is 0.579. The Morgan fingerprint density at radius 3 is 2.62 bits per heavy atom. The van der Waals surface area contributed by atoms with Crippen LogP contribution in [0.3, 0.4) is 0 Å². The van der Waals surface area contributed by atoms with Gasteiger partial charge in [0.25, 0.3) is 0 Å². The number of methoxy groups -OCH3 is 1. The Hall–Kier alpha value is -2.34. The first kappa shape index (κ1) is 15.1. The fourth-order valence-electron chi connectivity index (χ4n) is 1.94. The standard InChI is InChI=1S/C15H19N3O3/c1-5-20-11(2)15-14(16-17-18(15)3)12-6-8-13(9-7-12)21-10-19-4/h6-9H,2,5,10H2,1,3-4H3. The Morgan fingerprint density at radius 1 is 1.29 bits per heavy atom. The Kier molecular flexibility index (Phi) is 4.94. The summed E-state index contributed by atoms with van der Waals surface area (Å²) in [6, 6.07) is 7.54. The van der Waals surface area contributed by atoms with Crippen molar-refractivity contribution in [1.29, 1.82) is 0 Å². The highest BCUT2D eigenvalue weighted by atomic mass is 16.7. The van der Waals surface area contributed by atoms with Gasteiger partial charge in [0.15, 0.2) is 6.79 Å². The van der Waals surface area contributed by atoms with Gasteiger partial charge in [-0.2, -0.15) is 0 Å². The Balaban J connectivity index is 2.28. The molecule has 0 N–H and O–H groups in total. The van der Waals surface area contributed by atoms with Crippen LogP contribution >= 0.6 is 0 Å². The molecular formula is C15H19N3O3. The predicted octanol–water partition coefficient (Wildman–Crippen LogP) is 2.47. The maximum absolute atomic E-state index is 5.47. The monoisotopic (exact) mass is 289 g/mol. The molecule has 1 heterocycles. The SMILES string of the molecule is C=C(OCC)c1c(-c2ccc(OCOC)cc2)nnn1C. The van der Waals surface area contributed by atoms with Crippen LogP contribution in [0.15, 0.2) is 30.8 Å². The van der Waals surface area contributed by atoms with E-state index in [9.17, 15) is 0 Å². The zero-order valence-corrected chi connectivity index (χ0v) is 12.5. The molecule has 1 aromatic heterocycles. The van der Waals surface area contributed by atoms with Crippen molar-refractivity contribution in [2.24, 2.45) is 7.05 Å². The molecule has 2 rings (SSSR count). The topological polar surface area (TPSA) is 58.4 Å². The van der Waals surface area contributed by atoms with Gasteiger partial charge in [-0.25, -0.2) is 4.68 Å². The summed E-state index contributed by atoms with van der Waals surface area (Å²) in [5, 5.41) is 8.23. The molecule has 0 saturated heterocycles. The zero-order valence-electron chi connectivity index (χ0n) is 12.5. The first-order valence-electron chi connectivity index (χ1n) is 6.61. The van der Waals surface area contributed by atoms with Crippen molar-refractivity contribution in [2.45, 2.75) is 6.92 Å². The van der Waals surface area contributed by atoms with Gasteiger partial charge in [0.2, 0.25) is 0 Å². The molecule has 6 nitrogen and oxygen atoms in total. The third-order valence-corrected chi connectivity index (χ3v) is 2.88. The lowest BCUT2D eigenvalue weighted by molar-refractivity contribution is 0.0511. The summed E-state index contributed by atoms with van der Waals surface area (Å²) in [5.41, 5.74) is 2.42. The highest BCUT2D eigenvalue weighted by Crippen LogP contribution is 2.27. The van der Waals surface area contributed by atoms with Crippen molar-refractivity contribution in [3.05, 3.63) is 36.5 Å². The fourth-order valence-corrected chi connectivity index (χ4v) is 1.94. The number of aryl methyl sites for hydroxylation is 1. The van der Waals surface area contributed by atoms with Gasteiger partial charge in [-0.15, -0.1) is 5.10 Å². The van der Waals surface area contributed by atoms with Crippen LogP contribution in [0.25, 0.3) is 17.0 Å². The molecule has 0 unspecified atom stereocenters. The molecule has 0 atom stereocenters. The van der Waals surface area contributed by atoms with E-state index in [-0.39, 0.29) is 6.79 Å². The van der Waals surface area contributed by atoms with Crippen LogP contribution in [0.1, 0.15) is 12.6 Å². The molecule has 0 amide bonds. The second-order valence-electron chi connectivity index (χ2n) is 4.34. The van der Waals surface area contributed by atoms with Crippen LogP contribution in [0.4, 0.5) is 0 Å². The lowest BCUT2D eigenvalue weighted by atomic mass is 10.1. The van der Waals surface area contributed by atoms with Gasteiger partial charge < -0.3 is 14.2 Å². The van der Waals surface area contributed by atoms with E-state index in [0.717, 1.165) is 22.7 Å². The molecule has 0 aliphatic heterocycles. The maximum atomic E-state index is 5.47. The van der Waals surface area contributed by atoms with Crippen molar-refractivity contribution in [1.82, 2.24) is 15.0 Å². The molecule has 6 heteroatoms. The smallest absolute Gasteiger partial charge is 0.188 e. The van der Waals surface area contributed by atoms with Crippen molar-refractivity contribution >= 4 is 5.76 Å². The van der Waals surface area contributed by atoms with Crippen molar-refractivity contribution in [3.8, 4) is 17.0 Å². The lowest BCUT2D eigenvalue weighted by Crippen LogP contribution is -2.01. The van der Waals surface area contributed by atoms with Crippen LogP contribution in [-0.4, -0.2) is 35.5 Å². The van der Waals surface area contributed by atoms with Crippen LogP contribution in [0.5, 0.6) is 5.75 Å². The van der Waals surface area contributed by atoms with Gasteiger partial charge in [0, 0.05) is 19.7 Å². The highest BCUT2D eigenvalue weighted by Gasteiger charge is 2.16. The summed E-state index contributed by atoms with van der Waals surface area (Å²) in [6.45, 7) is 6.61. The molecule has 112 valence electrons. The largest absolute Gasteiger partial charge is 0.492 e. The molecule has 0 saturated carbocycles. The van der Waals surface area contributed by atoms with Gasteiger partial charge >= 0.3 is 0 Å². The summed E-state index contributed by atoms with van der Waals surface area (Å²) in [4.78, 5) is 0. The van der Waals surface area contributed by atoms with Crippen LogP contribution in [0, 0.1) is 0 Å². The average molecular weight is 289 g/mol. The molecule has 0 fully saturated rings. The van der Waals surface area contributed by atoms with E-state index in [1.807, 2.05) is 38.2 Å². The van der Waals surface area contributed by atoms with Crippen molar-refractivity contribution in [2.75, 3.05) is 20.5 Å². The van der Waals surface area contributed by atoms with E-state index >= 15 is 0 Å². The lowest BCUT2D eigenvalue weighted by Gasteiger charge is -2.09. The summed E-state index contributed by atoms with van der Waals surface area (Å²) in [6.07, 6.45) is 0. The molecular weight excluding hydrogens is 270 g/mol. The Labute approximate surface area is 123 Å². The van der Waals surface area contributed by atoms with E-state index in [1.54, 1.807) is 11.8 Å². The van der Waals surface area contributed by atoms with Gasteiger partial charge in [-0.05, 0) is 31.2 Å². The number of hydrogen-bond acceptors (Lipinski definition) is 5. The van der Waals surface area contributed by atoms with E-state index < -0.39 is 0 Å². The van der Waals surface area contributed by atoms with Crippen LogP contribution < -0.4 is 4.74 Å². The number of ether oxygens (including phenoxy) is 3. The van der Waals surface area contributed by atoms with E-state index in [4.69, 9.17) is 14.2 Å². The van der Waals surface area contributed by atoms with Crippen molar-refractivity contribution < 1.29 is 14.2 Å². The van der Waals surface area contributed by atoms with Gasteiger partial charge in [0.1, 0.15) is 22.9 Å². The van der Waals surface area contributed by atoms with E-state index in [0.29, 0.717) is 12.4 Å². The number of hydrogen-bond donors (Lipinski definition) is 0. The number of rotatable bonds is 7. The molecule has 0 spiro atoms. The second kappa shape index (κ2) is 6.90. The molecule has 0 aliphatic rings. The summed E-state index contributed by atoms with van der Waals surface area (Å²) < 4.78 is 17.4. The molecule has 0 aliphatic carbocycles. The van der Waals surface area contributed by atoms with Crippen LogP contribution in [0.2, 0.25) is 0 Å². The van der Waals surface area contributed by atoms with E-state index in [1.165, 1.54) is 0 Å². The Morgan fingerprint density at radius 2 is 2.00 bits per heavy atom. The third-order valence-electron chi connectivity index (χ3n) is 2.88. The first-order valence-corrected chi connectivity index (χ1v) is 6.61. The molecule has 0 bridgehead atoms. The molecule has 1 aromatic carbocycles. The molecule has 21 heavy (non-hydrogen) atoms. The number of aromatic nitrogens is 3. The predicted molar refractivity (Wildman–Crippen MR) is 79.6 cm³/mol. The van der Waals surface area contributed by atoms with Gasteiger partial charge in [-0.3, -0.25) is 0 Å². The molecule has 2 aromatic rings. The minimum atomic E-state index is 0.219. The summed E-state index contributed by atoms with van der Waals surface area (Å²) in [7, 11) is 3.39. The second-order valence-corrected chi connectivity index (χ2v) is 4.34. The highest BCUT2D eigenvalue weighted by molar-refractivity contribution is 5.73. The third kappa shape index (κ3) is 3.41. The van der Waals surface area contributed by atoms with Gasteiger partial charge in [-0.1, -0.05) is 11.8 Å². The van der Waals surface area contributed by atoms with Gasteiger partial charge in [0.05, 0.1) is 6.61 Å². The van der Waals surface area contributed by atoms with Crippen LogP contribution in [-0.2, 0) is 16.5 Å².